The lowest BCUT2D eigenvalue weighted by Gasteiger charge is -2.45. The van der Waals surface area contributed by atoms with Gasteiger partial charge in [-0.25, -0.2) is 4.39 Å². The standard InChI is InChI=1S/C30H35ClFN5O5/c1-16-13-35(14-17(2)36(16)9-8-25(38)39)27-23(32)11-21-26(29(27)42-3)37(20-6-7-20)15-22(28(21)40)30(41)34-12-18-4-5-19(31)10-24(18)33/h4-5,10-11,15-17,20H,6-9,12-14,33H2,1-3H3,(H,34,41)(H,38,39)/t16-,17+. The lowest BCUT2D eigenvalue weighted by Crippen LogP contribution is -2.57. The Hall–Kier alpha value is -3.83. The summed E-state index contributed by atoms with van der Waals surface area (Å²) in [6, 6.07) is 6.12. The molecule has 2 atom stereocenters. The fourth-order valence-corrected chi connectivity index (χ4v) is 6.12. The molecule has 3 aromatic rings. The van der Waals surface area contributed by atoms with Crippen molar-refractivity contribution < 1.29 is 23.8 Å². The monoisotopic (exact) mass is 599 g/mol. The van der Waals surface area contributed by atoms with Crippen molar-refractivity contribution in [2.24, 2.45) is 0 Å². The number of carbonyl (C=O) groups excluding carboxylic acids is 1. The predicted octanol–water partition coefficient (Wildman–Crippen LogP) is 4.02. The summed E-state index contributed by atoms with van der Waals surface area (Å²) in [5, 5.41) is 12.4. The van der Waals surface area contributed by atoms with Gasteiger partial charge in [-0.2, -0.15) is 0 Å². The number of aromatic nitrogens is 1. The highest BCUT2D eigenvalue weighted by atomic mass is 35.5. The number of carboxylic acid groups (broad SMARTS) is 1. The molecule has 42 heavy (non-hydrogen) atoms. The number of piperazine rings is 1. The van der Waals surface area contributed by atoms with Crippen LogP contribution in [-0.4, -0.2) is 65.3 Å². The average molecular weight is 600 g/mol. The summed E-state index contributed by atoms with van der Waals surface area (Å²) < 4.78 is 23.7. The zero-order valence-electron chi connectivity index (χ0n) is 23.8. The first-order chi connectivity index (χ1) is 20.0. The van der Waals surface area contributed by atoms with E-state index in [2.05, 4.69) is 10.2 Å². The van der Waals surface area contributed by atoms with E-state index in [0.29, 0.717) is 41.4 Å². The topological polar surface area (TPSA) is 130 Å². The minimum atomic E-state index is -0.862. The molecule has 0 spiro atoms. The second-order valence-electron chi connectivity index (χ2n) is 11.2. The van der Waals surface area contributed by atoms with Gasteiger partial charge in [0.2, 0.25) is 5.43 Å². The number of benzene rings is 2. The molecule has 10 nitrogen and oxygen atoms in total. The number of carboxylic acids is 1. The van der Waals surface area contributed by atoms with Gasteiger partial charge in [0.25, 0.3) is 5.91 Å². The maximum absolute atomic E-state index is 16.0. The minimum Gasteiger partial charge on any atom is -0.492 e. The van der Waals surface area contributed by atoms with E-state index < -0.39 is 23.1 Å². The Morgan fingerprint density at radius 3 is 2.48 bits per heavy atom. The van der Waals surface area contributed by atoms with Crippen molar-refractivity contribution >= 4 is 45.8 Å². The molecule has 2 heterocycles. The van der Waals surface area contributed by atoms with Gasteiger partial charge in [-0.05, 0) is 50.5 Å². The van der Waals surface area contributed by atoms with Gasteiger partial charge in [0.1, 0.15) is 11.3 Å². The van der Waals surface area contributed by atoms with Gasteiger partial charge in [0, 0.05) is 61.2 Å². The maximum Gasteiger partial charge on any atom is 0.304 e. The Bertz CT molecular complexity index is 1600. The van der Waals surface area contributed by atoms with Crippen LogP contribution in [0.4, 0.5) is 15.8 Å². The van der Waals surface area contributed by atoms with Gasteiger partial charge in [0.15, 0.2) is 11.6 Å². The average Bonchev–Trinajstić information content (AvgIpc) is 3.77. The number of nitrogens with zero attached hydrogens (tertiary/aromatic N) is 3. The SMILES string of the molecule is COc1c(N2C[C@@H](C)N(CCC(=O)O)[C@@H](C)C2)c(F)cc2c(=O)c(C(=O)NCc3ccc(Cl)cc3N)cn(C3CC3)c12. The number of pyridine rings is 1. The fraction of sp³-hybridized carbons (Fsp3) is 0.433. The summed E-state index contributed by atoms with van der Waals surface area (Å²) >= 11 is 5.97. The number of halogens is 2. The van der Waals surface area contributed by atoms with Crippen LogP contribution in [-0.2, 0) is 11.3 Å². The highest BCUT2D eigenvalue weighted by Crippen LogP contribution is 2.44. The molecule has 1 aliphatic heterocycles. The summed E-state index contributed by atoms with van der Waals surface area (Å²) in [6.07, 6.45) is 3.28. The van der Waals surface area contributed by atoms with Crippen LogP contribution in [0.3, 0.4) is 0 Å². The molecule has 2 aromatic carbocycles. The van der Waals surface area contributed by atoms with Crippen molar-refractivity contribution in [2.45, 2.75) is 57.8 Å². The Balaban J connectivity index is 1.52. The van der Waals surface area contributed by atoms with E-state index in [4.69, 9.17) is 27.2 Å². The third kappa shape index (κ3) is 5.76. The third-order valence-corrected chi connectivity index (χ3v) is 8.37. The Morgan fingerprint density at radius 1 is 1.19 bits per heavy atom. The number of rotatable bonds is 9. The van der Waals surface area contributed by atoms with E-state index in [-0.39, 0.29) is 53.5 Å². The second kappa shape index (κ2) is 11.8. The summed E-state index contributed by atoms with van der Waals surface area (Å²) in [5.41, 5.74) is 7.11. The number of anilines is 2. The molecule has 12 heteroatoms. The van der Waals surface area contributed by atoms with Crippen molar-refractivity contribution in [3.8, 4) is 5.75 Å². The van der Waals surface area contributed by atoms with Crippen LogP contribution in [0, 0.1) is 5.82 Å². The van der Waals surface area contributed by atoms with Crippen LogP contribution in [0.1, 0.15) is 55.1 Å². The maximum atomic E-state index is 16.0. The lowest BCUT2D eigenvalue weighted by atomic mass is 10.0. The number of fused-ring (bicyclic) bond motifs is 1. The van der Waals surface area contributed by atoms with Crippen molar-refractivity contribution in [1.29, 1.82) is 0 Å². The molecule has 1 saturated heterocycles. The van der Waals surface area contributed by atoms with E-state index in [9.17, 15) is 14.4 Å². The van der Waals surface area contributed by atoms with Gasteiger partial charge < -0.3 is 30.4 Å². The second-order valence-corrected chi connectivity index (χ2v) is 11.6. The summed E-state index contributed by atoms with van der Waals surface area (Å²) in [4.78, 5) is 42.1. The molecule has 224 valence electrons. The van der Waals surface area contributed by atoms with Crippen LogP contribution >= 0.6 is 11.6 Å². The predicted molar refractivity (Wildman–Crippen MR) is 160 cm³/mol. The van der Waals surface area contributed by atoms with Gasteiger partial charge in [-0.15, -0.1) is 0 Å². The normalized spacial score (nSPS) is 19.2. The molecular weight excluding hydrogens is 565 g/mol. The Kier molecular flexibility index (Phi) is 8.34. The van der Waals surface area contributed by atoms with E-state index in [1.54, 1.807) is 24.4 Å². The molecule has 1 amide bonds. The quantitative estimate of drug-likeness (QED) is 0.315. The summed E-state index contributed by atoms with van der Waals surface area (Å²) in [5.74, 6) is -1.83. The van der Waals surface area contributed by atoms with Crippen molar-refractivity contribution in [2.75, 3.05) is 37.4 Å². The highest BCUT2D eigenvalue weighted by Gasteiger charge is 2.35. The number of nitrogens with two attached hydrogens (primary N) is 1. The molecule has 0 unspecified atom stereocenters. The molecule has 1 saturated carbocycles. The van der Waals surface area contributed by atoms with Crippen molar-refractivity contribution in [1.82, 2.24) is 14.8 Å². The van der Waals surface area contributed by atoms with Gasteiger partial charge in [-0.1, -0.05) is 17.7 Å². The van der Waals surface area contributed by atoms with E-state index >= 15 is 4.39 Å². The largest absolute Gasteiger partial charge is 0.492 e. The minimum absolute atomic E-state index is 0.0268. The number of hydrogen-bond donors (Lipinski definition) is 3. The zero-order valence-corrected chi connectivity index (χ0v) is 24.6. The Labute approximate surface area is 247 Å². The number of nitrogens with one attached hydrogen (secondary N) is 1. The van der Waals surface area contributed by atoms with E-state index in [1.165, 1.54) is 13.2 Å². The highest BCUT2D eigenvalue weighted by molar-refractivity contribution is 6.30. The number of methoxy groups -OCH3 is 1. The van der Waals surface area contributed by atoms with Gasteiger partial charge >= 0.3 is 5.97 Å². The van der Waals surface area contributed by atoms with Crippen LogP contribution in [0.25, 0.3) is 10.9 Å². The van der Waals surface area contributed by atoms with Gasteiger partial charge in [-0.3, -0.25) is 19.3 Å². The molecule has 2 aliphatic rings. The number of hydrogen-bond acceptors (Lipinski definition) is 7. The number of carbonyl (C=O) groups is 2. The first-order valence-electron chi connectivity index (χ1n) is 14.0. The number of aliphatic carboxylic acids is 1. The molecule has 0 bridgehead atoms. The van der Waals surface area contributed by atoms with Crippen LogP contribution in [0.5, 0.6) is 5.75 Å². The number of nitrogen functional groups attached to an aromatic ring is 1. The molecular formula is C30H35ClFN5O5. The number of amides is 1. The fourth-order valence-electron chi connectivity index (χ4n) is 5.94. The first kappa shape index (κ1) is 29.7. The summed E-state index contributed by atoms with van der Waals surface area (Å²) in [6.45, 7) is 5.36. The van der Waals surface area contributed by atoms with E-state index in [1.807, 2.05) is 23.3 Å². The third-order valence-electron chi connectivity index (χ3n) is 8.14. The molecule has 1 aliphatic carbocycles. The van der Waals surface area contributed by atoms with E-state index in [0.717, 1.165) is 12.8 Å². The smallest absolute Gasteiger partial charge is 0.304 e. The molecule has 1 aromatic heterocycles. The molecule has 0 radical (unpaired) electrons. The Morgan fingerprint density at radius 2 is 1.88 bits per heavy atom. The van der Waals surface area contributed by atoms with Crippen LogP contribution in [0.15, 0.2) is 35.3 Å². The van der Waals surface area contributed by atoms with Gasteiger partial charge in [0.05, 0.1) is 24.4 Å². The molecule has 5 rings (SSSR count). The molecule has 2 fully saturated rings. The van der Waals surface area contributed by atoms with Crippen molar-refractivity contribution in [3.05, 3.63) is 62.7 Å². The van der Waals surface area contributed by atoms with Crippen LogP contribution < -0.4 is 26.1 Å². The summed E-state index contributed by atoms with van der Waals surface area (Å²) in [7, 11) is 1.45. The van der Waals surface area contributed by atoms with Crippen LogP contribution in [0.2, 0.25) is 5.02 Å². The first-order valence-corrected chi connectivity index (χ1v) is 14.4. The zero-order chi connectivity index (χ0) is 30.3. The number of ether oxygens (including phenoxy) is 1. The molecule has 4 N–H and O–H groups in total. The lowest BCUT2D eigenvalue weighted by molar-refractivity contribution is -0.137. The van der Waals surface area contributed by atoms with Crippen molar-refractivity contribution in [3.63, 3.8) is 0 Å².